The molecule has 1 aromatic heterocycles. The third-order valence-corrected chi connectivity index (χ3v) is 5.52. The molecule has 0 atom stereocenters. The van der Waals surface area contributed by atoms with Crippen molar-refractivity contribution in [3.05, 3.63) is 24.0 Å². The van der Waals surface area contributed by atoms with Gasteiger partial charge < -0.3 is 0 Å². The molecule has 0 saturated carbocycles. The number of pyridine rings is 1. The second-order valence-corrected chi connectivity index (χ2v) is 6.68. The van der Waals surface area contributed by atoms with E-state index in [9.17, 15) is 8.42 Å². The van der Waals surface area contributed by atoms with Crippen LogP contribution >= 0.6 is 0 Å². The second-order valence-electron chi connectivity index (χ2n) is 4.75. The number of piperidine rings is 1. The van der Waals surface area contributed by atoms with E-state index in [4.69, 9.17) is 5.26 Å². The first kappa shape index (κ1) is 14.0. The molecule has 19 heavy (non-hydrogen) atoms. The third kappa shape index (κ3) is 2.94. The molecule has 0 unspecified atom stereocenters. The van der Waals surface area contributed by atoms with Crippen LogP contribution < -0.4 is 0 Å². The zero-order valence-corrected chi connectivity index (χ0v) is 11.7. The topological polar surface area (TPSA) is 74.1 Å². The minimum absolute atomic E-state index is 0.168. The summed E-state index contributed by atoms with van der Waals surface area (Å²) in [7, 11) is -3.46. The van der Waals surface area contributed by atoms with Crippen LogP contribution in [0.25, 0.3) is 0 Å². The van der Waals surface area contributed by atoms with Gasteiger partial charge in [0.25, 0.3) is 0 Å². The Kier molecular flexibility index (Phi) is 4.17. The SMILES string of the molecule is CCC1CCN(S(=O)(=O)c2ccc(C#N)nc2)CC1. The van der Waals surface area contributed by atoms with Gasteiger partial charge in [0.15, 0.2) is 0 Å². The molecule has 1 aromatic rings. The molecular formula is C13H17N3O2S. The Bertz CT molecular complexity index is 567. The first-order chi connectivity index (χ1) is 9.07. The quantitative estimate of drug-likeness (QED) is 0.845. The van der Waals surface area contributed by atoms with Gasteiger partial charge in [-0.25, -0.2) is 13.4 Å². The number of rotatable bonds is 3. The number of aromatic nitrogens is 1. The molecule has 0 radical (unpaired) electrons. The monoisotopic (exact) mass is 279 g/mol. The van der Waals surface area contributed by atoms with Gasteiger partial charge in [0, 0.05) is 19.3 Å². The van der Waals surface area contributed by atoms with Crippen LogP contribution in [0.1, 0.15) is 31.9 Å². The second kappa shape index (κ2) is 5.68. The summed E-state index contributed by atoms with van der Waals surface area (Å²) >= 11 is 0. The largest absolute Gasteiger partial charge is 0.244 e. The molecule has 2 rings (SSSR count). The molecule has 0 bridgehead atoms. The molecule has 1 fully saturated rings. The van der Waals surface area contributed by atoms with E-state index in [2.05, 4.69) is 11.9 Å². The molecule has 0 aliphatic carbocycles. The van der Waals surface area contributed by atoms with Crippen LogP contribution in [-0.2, 0) is 10.0 Å². The van der Waals surface area contributed by atoms with Gasteiger partial charge in [-0.2, -0.15) is 9.57 Å². The van der Waals surface area contributed by atoms with Crippen molar-refractivity contribution in [2.24, 2.45) is 5.92 Å². The highest BCUT2D eigenvalue weighted by atomic mass is 32.2. The maximum Gasteiger partial charge on any atom is 0.244 e. The van der Waals surface area contributed by atoms with E-state index in [0.29, 0.717) is 19.0 Å². The van der Waals surface area contributed by atoms with E-state index in [1.165, 1.54) is 22.6 Å². The van der Waals surface area contributed by atoms with E-state index in [1.54, 1.807) is 0 Å². The van der Waals surface area contributed by atoms with Crippen molar-refractivity contribution in [2.45, 2.75) is 31.1 Å². The molecular weight excluding hydrogens is 262 g/mol. The lowest BCUT2D eigenvalue weighted by atomic mass is 9.96. The Labute approximate surface area is 113 Å². The number of sulfonamides is 1. The molecule has 2 heterocycles. The van der Waals surface area contributed by atoms with Crippen LogP contribution in [0.15, 0.2) is 23.2 Å². The van der Waals surface area contributed by atoms with Gasteiger partial charge in [0.05, 0.1) is 0 Å². The zero-order valence-electron chi connectivity index (χ0n) is 10.9. The predicted octanol–water partition coefficient (Wildman–Crippen LogP) is 1.76. The molecule has 6 heteroatoms. The lowest BCUT2D eigenvalue weighted by Gasteiger charge is -2.30. The van der Waals surface area contributed by atoms with Crippen molar-refractivity contribution >= 4 is 10.0 Å². The summed E-state index contributed by atoms with van der Waals surface area (Å²) < 4.78 is 26.3. The normalized spacial score (nSPS) is 18.1. The Morgan fingerprint density at radius 1 is 1.42 bits per heavy atom. The maximum absolute atomic E-state index is 12.4. The predicted molar refractivity (Wildman–Crippen MR) is 70.7 cm³/mol. The minimum atomic E-state index is -3.46. The van der Waals surface area contributed by atoms with Gasteiger partial charge in [-0.05, 0) is 30.9 Å². The van der Waals surface area contributed by atoms with E-state index in [1.807, 2.05) is 6.07 Å². The van der Waals surface area contributed by atoms with Crippen LogP contribution in [0.2, 0.25) is 0 Å². The summed E-state index contributed by atoms with van der Waals surface area (Å²) in [6.07, 6.45) is 4.20. The molecule has 1 aliphatic rings. The van der Waals surface area contributed by atoms with Crippen molar-refractivity contribution < 1.29 is 8.42 Å². The van der Waals surface area contributed by atoms with Gasteiger partial charge in [-0.3, -0.25) is 0 Å². The van der Waals surface area contributed by atoms with Crippen molar-refractivity contribution in [3.8, 4) is 6.07 Å². The number of hydrogen-bond acceptors (Lipinski definition) is 4. The van der Waals surface area contributed by atoms with Crippen LogP contribution in [0.5, 0.6) is 0 Å². The first-order valence-corrected chi connectivity index (χ1v) is 7.88. The summed E-state index contributed by atoms with van der Waals surface area (Å²) in [5.74, 6) is 0.630. The smallest absolute Gasteiger partial charge is 0.244 e. The number of hydrogen-bond donors (Lipinski definition) is 0. The van der Waals surface area contributed by atoms with E-state index >= 15 is 0 Å². The van der Waals surface area contributed by atoms with Crippen molar-refractivity contribution in [1.29, 1.82) is 5.26 Å². The Morgan fingerprint density at radius 2 is 2.11 bits per heavy atom. The standard InChI is InChI=1S/C13H17N3O2S/c1-2-11-5-7-16(8-6-11)19(17,18)13-4-3-12(9-14)15-10-13/h3-4,10-11H,2,5-8H2,1H3. The summed E-state index contributed by atoms with van der Waals surface area (Å²) in [6, 6.07) is 4.77. The summed E-state index contributed by atoms with van der Waals surface area (Å²) in [4.78, 5) is 3.99. The molecule has 1 aliphatic heterocycles. The Morgan fingerprint density at radius 3 is 2.58 bits per heavy atom. The molecule has 0 N–H and O–H groups in total. The average Bonchev–Trinajstić information content (AvgIpc) is 2.47. The zero-order chi connectivity index (χ0) is 13.9. The fraction of sp³-hybridized carbons (Fsp3) is 0.538. The average molecular weight is 279 g/mol. The van der Waals surface area contributed by atoms with Crippen LogP contribution in [0, 0.1) is 17.2 Å². The summed E-state index contributed by atoms with van der Waals surface area (Å²) in [5.41, 5.74) is 0.226. The van der Waals surface area contributed by atoms with E-state index in [-0.39, 0.29) is 10.6 Å². The van der Waals surface area contributed by atoms with Gasteiger partial charge >= 0.3 is 0 Å². The van der Waals surface area contributed by atoms with Gasteiger partial charge in [-0.15, -0.1) is 0 Å². The van der Waals surface area contributed by atoms with Gasteiger partial charge in [0.1, 0.15) is 16.7 Å². The number of nitriles is 1. The molecule has 0 spiro atoms. The lowest BCUT2D eigenvalue weighted by molar-refractivity contribution is 0.269. The van der Waals surface area contributed by atoms with Crippen LogP contribution in [0.4, 0.5) is 0 Å². The van der Waals surface area contributed by atoms with Crippen LogP contribution in [-0.4, -0.2) is 30.8 Å². The maximum atomic E-state index is 12.4. The van der Waals surface area contributed by atoms with E-state index < -0.39 is 10.0 Å². The molecule has 5 nitrogen and oxygen atoms in total. The lowest BCUT2D eigenvalue weighted by Crippen LogP contribution is -2.38. The first-order valence-electron chi connectivity index (χ1n) is 6.44. The number of nitrogens with zero attached hydrogens (tertiary/aromatic N) is 3. The summed E-state index contributed by atoms with van der Waals surface area (Å²) in [5, 5.41) is 8.66. The third-order valence-electron chi connectivity index (χ3n) is 3.64. The van der Waals surface area contributed by atoms with Crippen molar-refractivity contribution in [2.75, 3.05) is 13.1 Å². The molecule has 102 valence electrons. The summed E-state index contributed by atoms with van der Waals surface area (Å²) in [6.45, 7) is 3.28. The van der Waals surface area contributed by atoms with Crippen LogP contribution in [0.3, 0.4) is 0 Å². The molecule has 0 aromatic carbocycles. The van der Waals surface area contributed by atoms with Crippen molar-refractivity contribution in [1.82, 2.24) is 9.29 Å². The van der Waals surface area contributed by atoms with Crippen molar-refractivity contribution in [3.63, 3.8) is 0 Å². The highest BCUT2D eigenvalue weighted by Crippen LogP contribution is 2.25. The van der Waals surface area contributed by atoms with Gasteiger partial charge in [-0.1, -0.05) is 13.3 Å². The minimum Gasteiger partial charge on any atom is -0.244 e. The van der Waals surface area contributed by atoms with E-state index in [0.717, 1.165) is 19.3 Å². The molecule has 1 saturated heterocycles. The molecule has 0 amide bonds. The highest BCUT2D eigenvalue weighted by molar-refractivity contribution is 7.89. The van der Waals surface area contributed by atoms with Gasteiger partial charge in [0.2, 0.25) is 10.0 Å². The highest BCUT2D eigenvalue weighted by Gasteiger charge is 2.28. The fourth-order valence-electron chi connectivity index (χ4n) is 2.31. The fourth-order valence-corrected chi connectivity index (χ4v) is 3.72. The Hall–Kier alpha value is -1.45. The Balaban J connectivity index is 2.16.